The fraction of sp³-hybridized carbons (Fsp3) is 0.583. The molecule has 0 fully saturated rings. The van der Waals surface area contributed by atoms with Crippen molar-refractivity contribution < 1.29 is 19.7 Å². The van der Waals surface area contributed by atoms with E-state index in [1.54, 1.807) is 0 Å². The van der Waals surface area contributed by atoms with Crippen molar-refractivity contribution in [1.82, 2.24) is 9.97 Å². The van der Waals surface area contributed by atoms with Gasteiger partial charge in [-0.2, -0.15) is 10.2 Å². The minimum Gasteiger partial charge on any atom is -0.474 e. The van der Waals surface area contributed by atoms with Crippen molar-refractivity contribution in [2.75, 3.05) is 25.6 Å². The minimum atomic E-state index is -0.976. The number of carbonyl (C=O) groups excluding carboxylic acids is 1. The van der Waals surface area contributed by atoms with Gasteiger partial charge < -0.3 is 20.3 Å². The first-order valence-electron chi connectivity index (χ1n) is 6.44. The van der Waals surface area contributed by atoms with Gasteiger partial charge in [0.15, 0.2) is 5.82 Å². The SMILES string of the molecule is CCC(N=NC)C(=O)Nc1cnc(OCC(O)CO)cn1. The fourth-order valence-electron chi connectivity index (χ4n) is 1.36. The van der Waals surface area contributed by atoms with Crippen molar-refractivity contribution in [2.45, 2.75) is 25.5 Å². The lowest BCUT2D eigenvalue weighted by atomic mass is 10.2. The number of aliphatic hydroxyl groups excluding tert-OH is 2. The molecule has 0 spiro atoms. The number of hydrogen-bond donors (Lipinski definition) is 3. The number of aromatic nitrogens is 2. The van der Waals surface area contributed by atoms with E-state index >= 15 is 0 Å². The smallest absolute Gasteiger partial charge is 0.252 e. The highest BCUT2D eigenvalue weighted by Gasteiger charge is 2.16. The molecule has 0 bridgehead atoms. The van der Waals surface area contributed by atoms with Gasteiger partial charge >= 0.3 is 0 Å². The van der Waals surface area contributed by atoms with Crippen molar-refractivity contribution >= 4 is 11.7 Å². The van der Waals surface area contributed by atoms with Crippen LogP contribution in [0.3, 0.4) is 0 Å². The van der Waals surface area contributed by atoms with Crippen LogP contribution in [0.25, 0.3) is 0 Å². The highest BCUT2D eigenvalue weighted by molar-refractivity contribution is 5.93. The van der Waals surface area contributed by atoms with Crippen LogP contribution in [0.4, 0.5) is 5.82 Å². The number of nitrogens with zero attached hydrogens (tertiary/aromatic N) is 4. The molecule has 1 aromatic rings. The molecule has 9 nitrogen and oxygen atoms in total. The van der Waals surface area contributed by atoms with E-state index in [0.717, 1.165) is 0 Å². The summed E-state index contributed by atoms with van der Waals surface area (Å²) >= 11 is 0. The van der Waals surface area contributed by atoms with Crippen LogP contribution in [-0.2, 0) is 4.79 Å². The largest absolute Gasteiger partial charge is 0.474 e. The number of azo groups is 1. The number of anilines is 1. The zero-order valence-electron chi connectivity index (χ0n) is 11.9. The Labute approximate surface area is 122 Å². The number of hydrogen-bond acceptors (Lipinski definition) is 8. The second kappa shape index (κ2) is 8.93. The summed E-state index contributed by atoms with van der Waals surface area (Å²) < 4.78 is 5.10. The van der Waals surface area contributed by atoms with Crippen LogP contribution in [0, 0.1) is 0 Å². The standard InChI is InChI=1S/C12H19N5O4/c1-3-9(17-13-2)12(20)16-10-4-15-11(5-14-10)21-7-8(19)6-18/h4-5,8-9,18-19H,3,6-7H2,1-2H3,(H,14,16,20). The molecular weight excluding hydrogens is 278 g/mol. The van der Waals surface area contributed by atoms with Crippen LogP contribution >= 0.6 is 0 Å². The molecule has 1 rings (SSSR count). The molecule has 2 unspecified atom stereocenters. The van der Waals surface area contributed by atoms with E-state index in [9.17, 15) is 4.79 Å². The second-order valence-corrected chi connectivity index (χ2v) is 4.12. The molecule has 1 amide bonds. The van der Waals surface area contributed by atoms with Crippen molar-refractivity contribution in [3.8, 4) is 5.88 Å². The maximum absolute atomic E-state index is 11.8. The summed E-state index contributed by atoms with van der Waals surface area (Å²) in [6.07, 6.45) is 2.18. The van der Waals surface area contributed by atoms with Crippen molar-refractivity contribution in [1.29, 1.82) is 0 Å². The highest BCUT2D eigenvalue weighted by Crippen LogP contribution is 2.09. The third-order valence-corrected chi connectivity index (χ3v) is 2.46. The number of rotatable bonds is 8. The summed E-state index contributed by atoms with van der Waals surface area (Å²) in [4.78, 5) is 19.7. The molecule has 0 aromatic carbocycles. The van der Waals surface area contributed by atoms with Crippen LogP contribution in [-0.4, -0.2) is 58.5 Å². The van der Waals surface area contributed by atoms with Crippen molar-refractivity contribution in [3.63, 3.8) is 0 Å². The second-order valence-electron chi connectivity index (χ2n) is 4.12. The normalized spacial score (nSPS) is 13.9. The molecule has 2 atom stereocenters. The monoisotopic (exact) mass is 297 g/mol. The van der Waals surface area contributed by atoms with Gasteiger partial charge in [-0.25, -0.2) is 9.97 Å². The van der Waals surface area contributed by atoms with Gasteiger partial charge in [0.25, 0.3) is 5.91 Å². The Morgan fingerprint density at radius 1 is 1.48 bits per heavy atom. The average molecular weight is 297 g/mol. The number of carbonyl (C=O) groups is 1. The molecule has 0 saturated heterocycles. The molecule has 0 aliphatic heterocycles. The van der Waals surface area contributed by atoms with Crippen molar-refractivity contribution in [2.24, 2.45) is 10.2 Å². The van der Waals surface area contributed by atoms with E-state index in [1.807, 2.05) is 6.92 Å². The Hall–Kier alpha value is -2.13. The van der Waals surface area contributed by atoms with E-state index in [1.165, 1.54) is 19.4 Å². The number of amides is 1. The van der Waals surface area contributed by atoms with Crippen LogP contribution in [0.1, 0.15) is 13.3 Å². The molecule has 21 heavy (non-hydrogen) atoms. The van der Waals surface area contributed by atoms with Crippen LogP contribution < -0.4 is 10.1 Å². The molecule has 0 saturated carbocycles. The number of ether oxygens (including phenoxy) is 1. The van der Waals surface area contributed by atoms with E-state index < -0.39 is 18.8 Å². The zero-order chi connectivity index (χ0) is 15.7. The van der Waals surface area contributed by atoms with Gasteiger partial charge in [-0.05, 0) is 6.42 Å². The van der Waals surface area contributed by atoms with E-state index in [2.05, 4.69) is 25.5 Å². The molecule has 1 heterocycles. The lowest BCUT2D eigenvalue weighted by Crippen LogP contribution is -2.26. The molecule has 116 valence electrons. The predicted octanol–water partition coefficient (Wildman–Crippen LogP) is 0.00770. The molecule has 0 radical (unpaired) electrons. The molecular formula is C12H19N5O4. The minimum absolute atomic E-state index is 0.0916. The van der Waals surface area contributed by atoms with Crippen molar-refractivity contribution in [3.05, 3.63) is 12.4 Å². The first-order valence-corrected chi connectivity index (χ1v) is 6.44. The van der Waals surface area contributed by atoms with Gasteiger partial charge in [-0.15, -0.1) is 0 Å². The average Bonchev–Trinajstić information content (AvgIpc) is 2.51. The summed E-state index contributed by atoms with van der Waals surface area (Å²) in [6, 6.07) is -0.563. The Morgan fingerprint density at radius 3 is 2.76 bits per heavy atom. The summed E-state index contributed by atoms with van der Waals surface area (Å²) in [7, 11) is 1.50. The number of aliphatic hydroxyl groups is 2. The van der Waals surface area contributed by atoms with Gasteiger partial charge in [0.1, 0.15) is 18.8 Å². The molecule has 3 N–H and O–H groups in total. The van der Waals surface area contributed by atoms with Crippen LogP contribution in [0.2, 0.25) is 0 Å². The predicted molar refractivity (Wildman–Crippen MR) is 74.1 cm³/mol. The van der Waals surface area contributed by atoms with E-state index in [-0.39, 0.29) is 24.2 Å². The lowest BCUT2D eigenvalue weighted by Gasteiger charge is -2.10. The van der Waals surface area contributed by atoms with Gasteiger partial charge in [0.2, 0.25) is 5.88 Å². The Balaban J connectivity index is 2.56. The molecule has 0 aliphatic carbocycles. The summed E-state index contributed by atoms with van der Waals surface area (Å²) in [5, 5.41) is 27.7. The van der Waals surface area contributed by atoms with E-state index in [4.69, 9.17) is 14.9 Å². The van der Waals surface area contributed by atoms with Crippen LogP contribution in [0.5, 0.6) is 5.88 Å². The topological polar surface area (TPSA) is 129 Å². The van der Waals surface area contributed by atoms with Crippen LogP contribution in [0.15, 0.2) is 22.6 Å². The summed E-state index contributed by atoms with van der Waals surface area (Å²) in [5.74, 6) is 0.127. The maximum atomic E-state index is 11.8. The highest BCUT2D eigenvalue weighted by atomic mass is 16.5. The Kier molecular flexibility index (Phi) is 7.19. The van der Waals surface area contributed by atoms with E-state index in [0.29, 0.717) is 6.42 Å². The van der Waals surface area contributed by atoms with Gasteiger partial charge in [-0.1, -0.05) is 6.92 Å². The number of nitrogens with one attached hydrogen (secondary N) is 1. The first-order chi connectivity index (χ1) is 10.1. The molecule has 0 aliphatic rings. The summed E-state index contributed by atoms with van der Waals surface area (Å²) in [5.41, 5.74) is 0. The molecule has 1 aromatic heterocycles. The first kappa shape index (κ1) is 16.9. The third-order valence-electron chi connectivity index (χ3n) is 2.46. The van der Waals surface area contributed by atoms with Gasteiger partial charge in [-0.3, -0.25) is 4.79 Å². The van der Waals surface area contributed by atoms with Gasteiger partial charge in [0, 0.05) is 7.05 Å². The Morgan fingerprint density at radius 2 is 2.24 bits per heavy atom. The zero-order valence-corrected chi connectivity index (χ0v) is 11.9. The quantitative estimate of drug-likeness (QED) is 0.579. The fourth-order valence-corrected chi connectivity index (χ4v) is 1.36. The summed E-state index contributed by atoms with van der Waals surface area (Å²) in [6.45, 7) is 1.34. The third kappa shape index (κ3) is 5.79. The van der Waals surface area contributed by atoms with Gasteiger partial charge in [0.05, 0.1) is 19.0 Å². The lowest BCUT2D eigenvalue weighted by molar-refractivity contribution is -0.117. The maximum Gasteiger partial charge on any atom is 0.252 e. The Bertz CT molecular complexity index is 465. The molecule has 9 heteroatoms.